The van der Waals surface area contributed by atoms with Gasteiger partial charge in [-0.2, -0.15) is 0 Å². The van der Waals surface area contributed by atoms with Gasteiger partial charge in [-0.15, -0.1) is 0 Å². The zero-order valence-corrected chi connectivity index (χ0v) is 14.1. The number of benzene rings is 1. The Morgan fingerprint density at radius 3 is 2.29 bits per heavy atom. The average molecular weight is 304 g/mol. The summed E-state index contributed by atoms with van der Waals surface area (Å²) in [6.07, 6.45) is 1.04. The third-order valence-corrected chi connectivity index (χ3v) is 4.01. The van der Waals surface area contributed by atoms with Gasteiger partial charge in [-0.05, 0) is 31.0 Å². The Morgan fingerprint density at radius 1 is 1.14 bits per heavy atom. The van der Waals surface area contributed by atoms with Crippen molar-refractivity contribution in [2.45, 2.75) is 40.0 Å². The van der Waals surface area contributed by atoms with Crippen molar-refractivity contribution in [1.29, 1.82) is 0 Å². The third kappa shape index (κ3) is 3.35. The molecule has 0 aliphatic heterocycles. The van der Waals surface area contributed by atoms with Crippen LogP contribution in [-0.2, 0) is 6.42 Å². The maximum Gasteiger partial charge on any atom is 0.140 e. The monoisotopic (exact) mass is 303 g/mol. The summed E-state index contributed by atoms with van der Waals surface area (Å²) in [5.41, 5.74) is 3.33. The molecule has 21 heavy (non-hydrogen) atoms. The van der Waals surface area contributed by atoms with Gasteiger partial charge in [0.25, 0.3) is 0 Å². The van der Waals surface area contributed by atoms with E-state index < -0.39 is 0 Å². The molecule has 2 rings (SSSR count). The Labute approximate surface area is 132 Å². The molecule has 0 radical (unpaired) electrons. The number of hydrogen-bond acceptors (Lipinski definition) is 3. The summed E-state index contributed by atoms with van der Waals surface area (Å²) >= 11 is 6.26. The number of halogens is 1. The molecule has 112 valence electrons. The molecule has 0 fully saturated rings. The highest BCUT2D eigenvalue weighted by Crippen LogP contribution is 2.29. The summed E-state index contributed by atoms with van der Waals surface area (Å²) in [5.74, 6) is 1.89. The third-order valence-electron chi connectivity index (χ3n) is 3.64. The van der Waals surface area contributed by atoms with Crippen LogP contribution >= 0.6 is 11.6 Å². The fraction of sp³-hybridized carbons (Fsp3) is 0.412. The van der Waals surface area contributed by atoms with Gasteiger partial charge in [-0.1, -0.05) is 44.5 Å². The highest BCUT2D eigenvalue weighted by molar-refractivity contribution is 6.30. The van der Waals surface area contributed by atoms with Crippen LogP contribution in [0, 0.1) is 6.92 Å². The molecule has 1 heterocycles. The molecule has 1 aromatic heterocycles. The molecule has 0 atom stereocenters. The van der Waals surface area contributed by atoms with Gasteiger partial charge in [0.2, 0.25) is 0 Å². The molecular weight excluding hydrogens is 282 g/mol. The highest BCUT2D eigenvalue weighted by atomic mass is 35.5. The molecule has 0 bridgehead atoms. The number of aromatic nitrogens is 2. The maximum atomic E-state index is 6.26. The van der Waals surface area contributed by atoms with E-state index in [0.29, 0.717) is 5.15 Å². The van der Waals surface area contributed by atoms with E-state index in [0.717, 1.165) is 29.3 Å². The van der Waals surface area contributed by atoms with Crippen molar-refractivity contribution in [3.63, 3.8) is 0 Å². The van der Waals surface area contributed by atoms with Crippen LogP contribution in [0.3, 0.4) is 0 Å². The van der Waals surface area contributed by atoms with Crippen molar-refractivity contribution in [3.05, 3.63) is 46.4 Å². The van der Waals surface area contributed by atoms with E-state index in [1.54, 1.807) is 0 Å². The summed E-state index contributed by atoms with van der Waals surface area (Å²) in [5, 5.41) is 0.528. The number of hydrogen-bond donors (Lipinski definition) is 0. The summed E-state index contributed by atoms with van der Waals surface area (Å²) in [4.78, 5) is 11.1. The average Bonchev–Trinajstić information content (AvgIpc) is 2.49. The van der Waals surface area contributed by atoms with Crippen molar-refractivity contribution >= 4 is 23.1 Å². The second kappa shape index (κ2) is 6.44. The molecule has 0 N–H and O–H groups in total. The Hall–Kier alpha value is -1.61. The van der Waals surface area contributed by atoms with E-state index in [2.05, 4.69) is 59.9 Å². The molecule has 2 aromatic rings. The van der Waals surface area contributed by atoms with Gasteiger partial charge in [0.1, 0.15) is 16.8 Å². The molecule has 0 unspecified atom stereocenters. The van der Waals surface area contributed by atoms with Gasteiger partial charge in [0, 0.05) is 24.2 Å². The number of anilines is 2. The van der Waals surface area contributed by atoms with Crippen molar-refractivity contribution in [3.8, 4) is 0 Å². The lowest BCUT2D eigenvalue weighted by molar-refractivity contribution is 0.769. The van der Waals surface area contributed by atoms with Crippen LogP contribution < -0.4 is 4.90 Å². The van der Waals surface area contributed by atoms with Gasteiger partial charge in [0.05, 0.1) is 0 Å². The Kier molecular flexibility index (Phi) is 4.84. The molecule has 0 saturated heterocycles. The minimum atomic E-state index is 0.248. The van der Waals surface area contributed by atoms with Crippen LogP contribution in [0.2, 0.25) is 5.15 Å². The van der Waals surface area contributed by atoms with E-state index in [1.165, 1.54) is 5.56 Å². The van der Waals surface area contributed by atoms with Crippen LogP contribution in [0.1, 0.15) is 43.6 Å². The van der Waals surface area contributed by atoms with Crippen molar-refractivity contribution in [2.24, 2.45) is 0 Å². The molecular formula is C17H22ClN3. The minimum absolute atomic E-state index is 0.248. The lowest BCUT2D eigenvalue weighted by Crippen LogP contribution is -2.15. The topological polar surface area (TPSA) is 29.0 Å². The van der Waals surface area contributed by atoms with Crippen LogP contribution in [-0.4, -0.2) is 17.0 Å². The summed E-state index contributed by atoms with van der Waals surface area (Å²) in [6.45, 7) is 8.25. The van der Waals surface area contributed by atoms with E-state index in [9.17, 15) is 0 Å². The zero-order valence-electron chi connectivity index (χ0n) is 13.3. The fourth-order valence-corrected chi connectivity index (χ4v) is 2.33. The summed E-state index contributed by atoms with van der Waals surface area (Å²) in [7, 11) is 2.01. The molecule has 3 nitrogen and oxygen atoms in total. The quantitative estimate of drug-likeness (QED) is 0.753. The predicted octanol–water partition coefficient (Wildman–Crippen LogP) is 4.89. The van der Waals surface area contributed by atoms with E-state index >= 15 is 0 Å². The Balaban J connectivity index is 2.43. The molecule has 0 amide bonds. The molecule has 1 aromatic carbocycles. The Bertz CT molecular complexity index is 621. The highest BCUT2D eigenvalue weighted by Gasteiger charge is 2.15. The second-order valence-electron chi connectivity index (χ2n) is 5.55. The minimum Gasteiger partial charge on any atom is -0.329 e. The molecule has 0 spiro atoms. The van der Waals surface area contributed by atoms with Crippen LogP contribution in [0.5, 0.6) is 0 Å². The number of nitrogens with zero attached hydrogens (tertiary/aromatic N) is 3. The second-order valence-corrected chi connectivity index (χ2v) is 5.91. The smallest absolute Gasteiger partial charge is 0.140 e. The normalized spacial score (nSPS) is 11.0. The maximum absolute atomic E-state index is 6.26. The zero-order chi connectivity index (χ0) is 15.6. The van der Waals surface area contributed by atoms with E-state index in [-0.39, 0.29) is 5.92 Å². The largest absolute Gasteiger partial charge is 0.329 e. The van der Waals surface area contributed by atoms with Gasteiger partial charge >= 0.3 is 0 Å². The molecule has 4 heteroatoms. The first kappa shape index (κ1) is 15.8. The lowest BCUT2D eigenvalue weighted by Gasteiger charge is -2.22. The van der Waals surface area contributed by atoms with E-state index in [1.807, 2.05) is 14.0 Å². The van der Waals surface area contributed by atoms with Crippen molar-refractivity contribution in [2.75, 3.05) is 11.9 Å². The van der Waals surface area contributed by atoms with Gasteiger partial charge in [-0.25, -0.2) is 9.97 Å². The van der Waals surface area contributed by atoms with Crippen LogP contribution in [0.15, 0.2) is 24.3 Å². The van der Waals surface area contributed by atoms with Crippen LogP contribution in [0.4, 0.5) is 11.5 Å². The number of rotatable bonds is 4. The summed E-state index contributed by atoms with van der Waals surface area (Å²) < 4.78 is 0. The molecule has 0 aliphatic rings. The lowest BCUT2D eigenvalue weighted by atomic mass is 10.1. The number of aryl methyl sites for hydroxylation is 1. The standard InChI is InChI=1S/C17H22ClN3/c1-6-13-7-9-14(10-8-13)21(5)17-12(4)15(18)19-16(20-17)11(2)3/h7-11H,6H2,1-5H3. The SMILES string of the molecule is CCc1ccc(N(C)c2nc(C(C)C)nc(Cl)c2C)cc1. The molecule has 0 aliphatic carbocycles. The Morgan fingerprint density at radius 2 is 1.76 bits per heavy atom. The first-order chi connectivity index (χ1) is 9.93. The van der Waals surface area contributed by atoms with Gasteiger partial charge in [0.15, 0.2) is 0 Å². The first-order valence-electron chi connectivity index (χ1n) is 7.30. The predicted molar refractivity (Wildman–Crippen MR) is 89.8 cm³/mol. The van der Waals surface area contributed by atoms with Crippen molar-refractivity contribution < 1.29 is 0 Å². The summed E-state index contributed by atoms with van der Waals surface area (Å²) in [6, 6.07) is 8.52. The first-order valence-corrected chi connectivity index (χ1v) is 7.68. The van der Waals surface area contributed by atoms with Gasteiger partial charge in [-0.3, -0.25) is 0 Å². The van der Waals surface area contributed by atoms with E-state index in [4.69, 9.17) is 11.6 Å². The van der Waals surface area contributed by atoms with Gasteiger partial charge < -0.3 is 4.90 Å². The van der Waals surface area contributed by atoms with Crippen LogP contribution in [0.25, 0.3) is 0 Å². The molecule has 0 saturated carbocycles. The fourth-order valence-electron chi connectivity index (χ4n) is 2.16. The van der Waals surface area contributed by atoms with Crippen molar-refractivity contribution in [1.82, 2.24) is 9.97 Å².